The Balaban J connectivity index is 1.35. The summed E-state index contributed by atoms with van der Waals surface area (Å²) in [5.74, 6) is 0.815. The maximum absolute atomic E-state index is 12.7. The number of methoxy groups -OCH3 is 1. The lowest BCUT2D eigenvalue weighted by Gasteiger charge is -2.47. The second-order valence-corrected chi connectivity index (χ2v) is 7.05. The molecule has 0 unspecified atom stereocenters. The van der Waals surface area contributed by atoms with Crippen molar-refractivity contribution < 1.29 is 9.53 Å². The predicted octanol–water partition coefficient (Wildman–Crippen LogP) is 0.953. The SMILES string of the molecule is COc1ccc(-n2ccc(C(=O)N3CC(N4CCN(C)CC4)C3)n2)cc1. The third-order valence-electron chi connectivity index (χ3n) is 5.35. The first kappa shape index (κ1) is 17.1. The number of piperazine rings is 1. The molecule has 1 amide bonds. The summed E-state index contributed by atoms with van der Waals surface area (Å²) in [7, 11) is 3.80. The highest BCUT2D eigenvalue weighted by molar-refractivity contribution is 5.92. The topological polar surface area (TPSA) is 53.8 Å². The lowest BCUT2D eigenvalue weighted by molar-refractivity contribution is 0.0106. The van der Waals surface area contributed by atoms with Crippen molar-refractivity contribution in [1.82, 2.24) is 24.5 Å². The van der Waals surface area contributed by atoms with Gasteiger partial charge in [-0.05, 0) is 37.4 Å². The molecule has 0 N–H and O–H groups in total. The predicted molar refractivity (Wildman–Crippen MR) is 98.9 cm³/mol. The zero-order valence-electron chi connectivity index (χ0n) is 15.3. The standard InChI is InChI=1S/C19H25N5O2/c1-21-9-11-22(12-10-21)16-13-23(14-16)19(25)18-7-8-24(20-18)15-3-5-17(26-2)6-4-15/h3-8,16H,9-14H2,1-2H3. The number of likely N-dealkylation sites (tertiary alicyclic amines) is 1. The minimum absolute atomic E-state index is 0.0163. The van der Waals surface area contributed by atoms with E-state index in [1.807, 2.05) is 35.4 Å². The number of nitrogens with zero attached hydrogens (tertiary/aromatic N) is 5. The molecule has 0 radical (unpaired) electrons. The van der Waals surface area contributed by atoms with Crippen LogP contribution in [0.4, 0.5) is 0 Å². The number of ether oxygens (including phenoxy) is 1. The van der Waals surface area contributed by atoms with Gasteiger partial charge in [0, 0.05) is 51.5 Å². The summed E-state index contributed by atoms with van der Waals surface area (Å²) in [6, 6.07) is 9.90. The van der Waals surface area contributed by atoms with Gasteiger partial charge in [0.2, 0.25) is 0 Å². The lowest BCUT2D eigenvalue weighted by atomic mass is 10.1. The Bertz CT molecular complexity index is 758. The van der Waals surface area contributed by atoms with Crippen molar-refractivity contribution in [2.45, 2.75) is 6.04 Å². The first-order chi connectivity index (χ1) is 12.6. The second kappa shape index (κ2) is 7.09. The monoisotopic (exact) mass is 355 g/mol. The van der Waals surface area contributed by atoms with E-state index in [4.69, 9.17) is 4.74 Å². The Morgan fingerprint density at radius 1 is 1.08 bits per heavy atom. The molecule has 0 saturated carbocycles. The number of aromatic nitrogens is 2. The smallest absolute Gasteiger partial charge is 0.274 e. The highest BCUT2D eigenvalue weighted by atomic mass is 16.5. The van der Waals surface area contributed by atoms with Crippen LogP contribution in [0, 0.1) is 0 Å². The number of carbonyl (C=O) groups is 1. The van der Waals surface area contributed by atoms with Gasteiger partial charge >= 0.3 is 0 Å². The van der Waals surface area contributed by atoms with Gasteiger partial charge in [0.1, 0.15) is 5.75 Å². The normalized spacial score (nSPS) is 19.4. The van der Waals surface area contributed by atoms with Crippen LogP contribution in [0.1, 0.15) is 10.5 Å². The molecule has 0 aliphatic carbocycles. The molecule has 2 fully saturated rings. The molecule has 7 nitrogen and oxygen atoms in total. The molecule has 2 saturated heterocycles. The zero-order chi connectivity index (χ0) is 18.1. The number of rotatable bonds is 4. The number of benzene rings is 1. The maximum Gasteiger partial charge on any atom is 0.274 e. The Kier molecular flexibility index (Phi) is 4.65. The van der Waals surface area contributed by atoms with Crippen molar-refractivity contribution >= 4 is 5.91 Å². The van der Waals surface area contributed by atoms with E-state index in [2.05, 4.69) is 21.9 Å². The van der Waals surface area contributed by atoms with Crippen molar-refractivity contribution in [3.63, 3.8) is 0 Å². The average molecular weight is 355 g/mol. The van der Waals surface area contributed by atoms with Gasteiger partial charge in [-0.25, -0.2) is 4.68 Å². The molecule has 3 heterocycles. The van der Waals surface area contributed by atoms with E-state index in [1.54, 1.807) is 17.9 Å². The molecule has 2 aliphatic heterocycles. The molecule has 2 aliphatic rings. The van der Waals surface area contributed by atoms with Crippen LogP contribution in [-0.4, -0.2) is 89.9 Å². The Hall–Kier alpha value is -2.38. The van der Waals surface area contributed by atoms with Crippen LogP contribution >= 0.6 is 0 Å². The number of hydrogen-bond acceptors (Lipinski definition) is 5. The molecule has 0 bridgehead atoms. The Morgan fingerprint density at radius 2 is 1.77 bits per heavy atom. The van der Waals surface area contributed by atoms with Gasteiger partial charge in [-0.3, -0.25) is 9.69 Å². The molecular weight excluding hydrogens is 330 g/mol. The van der Waals surface area contributed by atoms with Crippen LogP contribution in [0.3, 0.4) is 0 Å². The summed E-state index contributed by atoms with van der Waals surface area (Å²) in [6.07, 6.45) is 1.83. The van der Waals surface area contributed by atoms with E-state index in [0.29, 0.717) is 11.7 Å². The molecule has 138 valence electrons. The van der Waals surface area contributed by atoms with Gasteiger partial charge in [-0.1, -0.05) is 0 Å². The van der Waals surface area contributed by atoms with Crippen LogP contribution in [-0.2, 0) is 0 Å². The van der Waals surface area contributed by atoms with Crippen LogP contribution in [0.25, 0.3) is 5.69 Å². The van der Waals surface area contributed by atoms with Crippen molar-refractivity contribution in [3.8, 4) is 11.4 Å². The van der Waals surface area contributed by atoms with E-state index >= 15 is 0 Å². The number of amides is 1. The highest BCUT2D eigenvalue weighted by Gasteiger charge is 2.36. The number of hydrogen-bond donors (Lipinski definition) is 0. The molecule has 4 rings (SSSR count). The fraction of sp³-hybridized carbons (Fsp3) is 0.474. The first-order valence-electron chi connectivity index (χ1n) is 9.06. The van der Waals surface area contributed by atoms with E-state index in [-0.39, 0.29) is 5.91 Å². The van der Waals surface area contributed by atoms with Crippen molar-refractivity contribution in [2.24, 2.45) is 0 Å². The van der Waals surface area contributed by atoms with Gasteiger partial charge < -0.3 is 14.5 Å². The van der Waals surface area contributed by atoms with Gasteiger partial charge in [-0.2, -0.15) is 5.10 Å². The minimum atomic E-state index is 0.0163. The summed E-state index contributed by atoms with van der Waals surface area (Å²) in [4.78, 5) is 19.4. The highest BCUT2D eigenvalue weighted by Crippen LogP contribution is 2.20. The van der Waals surface area contributed by atoms with Gasteiger partial charge in [0.15, 0.2) is 5.69 Å². The average Bonchev–Trinajstić information content (AvgIpc) is 3.12. The first-order valence-corrected chi connectivity index (χ1v) is 9.06. The molecular formula is C19H25N5O2. The van der Waals surface area contributed by atoms with Crippen LogP contribution in [0.5, 0.6) is 5.75 Å². The maximum atomic E-state index is 12.7. The van der Waals surface area contributed by atoms with E-state index < -0.39 is 0 Å². The summed E-state index contributed by atoms with van der Waals surface area (Å²) in [5, 5.41) is 4.45. The number of carbonyl (C=O) groups excluding carboxylic acids is 1. The van der Waals surface area contributed by atoms with Crippen LogP contribution in [0.15, 0.2) is 36.5 Å². The zero-order valence-corrected chi connectivity index (χ0v) is 15.3. The van der Waals surface area contributed by atoms with Crippen LogP contribution < -0.4 is 4.74 Å². The fourth-order valence-electron chi connectivity index (χ4n) is 3.52. The van der Waals surface area contributed by atoms with Gasteiger partial charge in [0.25, 0.3) is 5.91 Å². The second-order valence-electron chi connectivity index (χ2n) is 7.05. The lowest BCUT2D eigenvalue weighted by Crippen LogP contribution is -2.64. The third-order valence-corrected chi connectivity index (χ3v) is 5.35. The quantitative estimate of drug-likeness (QED) is 0.818. The van der Waals surface area contributed by atoms with Crippen LogP contribution in [0.2, 0.25) is 0 Å². The third kappa shape index (κ3) is 3.32. The summed E-state index contributed by atoms with van der Waals surface area (Å²) in [5.41, 5.74) is 1.40. The molecule has 0 spiro atoms. The van der Waals surface area contributed by atoms with Crippen molar-refractivity contribution in [2.75, 3.05) is 53.4 Å². The summed E-state index contributed by atoms with van der Waals surface area (Å²) < 4.78 is 6.90. The molecule has 1 aromatic carbocycles. The molecule has 7 heteroatoms. The van der Waals surface area contributed by atoms with Crippen molar-refractivity contribution in [3.05, 3.63) is 42.2 Å². The van der Waals surface area contributed by atoms with E-state index in [9.17, 15) is 4.79 Å². The molecule has 1 aromatic heterocycles. The molecule has 26 heavy (non-hydrogen) atoms. The largest absolute Gasteiger partial charge is 0.497 e. The Labute approximate surface area is 153 Å². The van der Waals surface area contributed by atoms with Gasteiger partial charge in [-0.15, -0.1) is 0 Å². The van der Waals surface area contributed by atoms with Gasteiger partial charge in [0.05, 0.1) is 12.8 Å². The molecule has 2 aromatic rings. The van der Waals surface area contributed by atoms with E-state index in [0.717, 1.165) is 50.7 Å². The molecule has 0 atom stereocenters. The number of likely N-dealkylation sites (N-methyl/N-ethyl adjacent to an activating group) is 1. The van der Waals surface area contributed by atoms with Crippen molar-refractivity contribution in [1.29, 1.82) is 0 Å². The summed E-state index contributed by atoms with van der Waals surface area (Å²) in [6.45, 7) is 6.01. The fourth-order valence-corrected chi connectivity index (χ4v) is 3.52. The minimum Gasteiger partial charge on any atom is -0.497 e. The summed E-state index contributed by atoms with van der Waals surface area (Å²) >= 11 is 0. The Morgan fingerprint density at radius 3 is 2.42 bits per heavy atom. The van der Waals surface area contributed by atoms with E-state index in [1.165, 1.54) is 0 Å².